The van der Waals surface area contributed by atoms with Gasteiger partial charge in [0.05, 0.1) is 6.26 Å². The lowest BCUT2D eigenvalue weighted by molar-refractivity contribution is -0.134. The van der Waals surface area contributed by atoms with E-state index in [2.05, 4.69) is 10.6 Å². The second kappa shape index (κ2) is 6.25. The Labute approximate surface area is 148 Å². The summed E-state index contributed by atoms with van der Waals surface area (Å²) in [4.78, 5) is 37.9. The topological polar surface area (TPSA) is 91.7 Å². The molecule has 0 bridgehead atoms. The first-order valence-corrected chi connectivity index (χ1v) is 7.94. The Morgan fingerprint density at radius 1 is 1.32 bits per heavy atom. The Kier molecular flexibility index (Phi) is 4.26. The van der Waals surface area contributed by atoms with Crippen LogP contribution >= 0.6 is 11.6 Å². The van der Waals surface area contributed by atoms with Gasteiger partial charge < -0.3 is 15.1 Å². The van der Waals surface area contributed by atoms with E-state index >= 15 is 0 Å². The second-order valence-corrected chi connectivity index (χ2v) is 6.29. The normalized spacial score (nSPS) is 19.9. The molecule has 7 nitrogen and oxygen atoms in total. The lowest BCUT2D eigenvalue weighted by Gasteiger charge is -2.19. The minimum absolute atomic E-state index is 0.305. The van der Waals surface area contributed by atoms with Gasteiger partial charge in [0, 0.05) is 10.7 Å². The van der Waals surface area contributed by atoms with Crippen molar-refractivity contribution in [3.8, 4) is 0 Å². The van der Waals surface area contributed by atoms with Crippen molar-refractivity contribution in [3.63, 3.8) is 0 Å². The van der Waals surface area contributed by atoms with Crippen molar-refractivity contribution in [3.05, 3.63) is 52.9 Å². The number of rotatable bonds is 4. The van der Waals surface area contributed by atoms with E-state index in [1.54, 1.807) is 37.3 Å². The molecule has 8 heteroatoms. The third kappa shape index (κ3) is 2.98. The largest absolute Gasteiger partial charge is 0.466 e. The number of benzene rings is 1. The fourth-order valence-corrected chi connectivity index (χ4v) is 2.82. The van der Waals surface area contributed by atoms with E-state index in [0.29, 0.717) is 22.0 Å². The zero-order valence-electron chi connectivity index (χ0n) is 13.6. The SMILES string of the molecule is Cc1c(Cl)cccc1NC(=O)CN1C(=O)NC(C)(c2ccco2)C1=O. The van der Waals surface area contributed by atoms with Gasteiger partial charge in [0.25, 0.3) is 5.91 Å². The summed E-state index contributed by atoms with van der Waals surface area (Å²) < 4.78 is 5.24. The predicted molar refractivity (Wildman–Crippen MR) is 91.1 cm³/mol. The first-order chi connectivity index (χ1) is 11.8. The number of furan rings is 1. The van der Waals surface area contributed by atoms with Crippen molar-refractivity contribution >= 4 is 35.1 Å². The molecule has 0 aliphatic carbocycles. The Balaban J connectivity index is 1.74. The van der Waals surface area contributed by atoms with Crippen LogP contribution in [0.5, 0.6) is 0 Å². The quantitative estimate of drug-likeness (QED) is 0.819. The van der Waals surface area contributed by atoms with Crippen LogP contribution in [0.2, 0.25) is 5.02 Å². The van der Waals surface area contributed by atoms with Crippen molar-refractivity contribution in [2.75, 3.05) is 11.9 Å². The third-order valence-corrected chi connectivity index (χ3v) is 4.54. The van der Waals surface area contributed by atoms with Crippen LogP contribution in [0.1, 0.15) is 18.2 Å². The molecule has 0 saturated carbocycles. The summed E-state index contributed by atoms with van der Waals surface area (Å²) in [6.45, 7) is 2.89. The number of carbonyl (C=O) groups is 3. The van der Waals surface area contributed by atoms with Gasteiger partial charge >= 0.3 is 6.03 Å². The highest BCUT2D eigenvalue weighted by Gasteiger charge is 2.51. The van der Waals surface area contributed by atoms with Gasteiger partial charge in [0.1, 0.15) is 12.3 Å². The van der Waals surface area contributed by atoms with Crippen LogP contribution in [-0.2, 0) is 15.1 Å². The second-order valence-electron chi connectivity index (χ2n) is 5.88. The van der Waals surface area contributed by atoms with E-state index in [-0.39, 0.29) is 0 Å². The molecule has 0 radical (unpaired) electrons. The van der Waals surface area contributed by atoms with Crippen LogP contribution in [0.25, 0.3) is 0 Å². The molecule has 1 aliphatic heterocycles. The van der Waals surface area contributed by atoms with E-state index in [0.717, 1.165) is 4.90 Å². The zero-order chi connectivity index (χ0) is 18.2. The monoisotopic (exact) mass is 361 g/mol. The Hall–Kier alpha value is -2.80. The molecule has 130 valence electrons. The first-order valence-electron chi connectivity index (χ1n) is 7.56. The van der Waals surface area contributed by atoms with E-state index in [4.69, 9.17) is 16.0 Å². The van der Waals surface area contributed by atoms with Crippen molar-refractivity contribution in [2.45, 2.75) is 19.4 Å². The number of hydrogen-bond donors (Lipinski definition) is 2. The summed E-state index contributed by atoms with van der Waals surface area (Å²) in [6.07, 6.45) is 1.41. The summed E-state index contributed by atoms with van der Waals surface area (Å²) in [7, 11) is 0. The number of nitrogens with zero attached hydrogens (tertiary/aromatic N) is 1. The van der Waals surface area contributed by atoms with E-state index in [1.807, 2.05) is 0 Å². The number of anilines is 1. The van der Waals surface area contributed by atoms with Gasteiger partial charge in [0.15, 0.2) is 5.54 Å². The van der Waals surface area contributed by atoms with Gasteiger partial charge in [-0.1, -0.05) is 17.7 Å². The molecule has 25 heavy (non-hydrogen) atoms. The number of urea groups is 1. The van der Waals surface area contributed by atoms with Gasteiger partial charge in [-0.3, -0.25) is 14.5 Å². The molecule has 0 spiro atoms. The van der Waals surface area contributed by atoms with Crippen LogP contribution in [0.15, 0.2) is 41.0 Å². The molecule has 2 N–H and O–H groups in total. The number of nitrogens with one attached hydrogen (secondary N) is 2. The average molecular weight is 362 g/mol. The highest BCUT2D eigenvalue weighted by atomic mass is 35.5. The standard InChI is InChI=1S/C17H16ClN3O4/c1-10-11(18)5-3-6-12(10)19-14(22)9-21-15(23)17(2,20-16(21)24)13-7-4-8-25-13/h3-8H,9H2,1-2H3,(H,19,22)(H,20,24). The number of hydrogen-bond acceptors (Lipinski definition) is 4. The van der Waals surface area contributed by atoms with Crippen molar-refractivity contribution in [1.29, 1.82) is 0 Å². The maximum Gasteiger partial charge on any atom is 0.325 e. The fraction of sp³-hybridized carbons (Fsp3) is 0.235. The maximum atomic E-state index is 12.6. The van der Waals surface area contributed by atoms with Crippen LogP contribution in [0, 0.1) is 6.92 Å². The summed E-state index contributed by atoms with van der Waals surface area (Å²) in [6, 6.07) is 7.67. The third-order valence-electron chi connectivity index (χ3n) is 4.13. The van der Waals surface area contributed by atoms with Crippen LogP contribution in [0.4, 0.5) is 10.5 Å². The maximum absolute atomic E-state index is 12.6. The van der Waals surface area contributed by atoms with Crippen LogP contribution < -0.4 is 10.6 Å². The molecule has 1 aliphatic rings. The molecule has 2 aromatic rings. The van der Waals surface area contributed by atoms with Crippen molar-refractivity contribution in [1.82, 2.24) is 10.2 Å². The average Bonchev–Trinajstić information content (AvgIpc) is 3.17. The molecular formula is C17H16ClN3O4. The summed E-state index contributed by atoms with van der Waals surface area (Å²) in [5.74, 6) is -0.748. The van der Waals surface area contributed by atoms with Gasteiger partial charge in [-0.25, -0.2) is 4.79 Å². The molecule has 1 atom stereocenters. The number of imide groups is 1. The summed E-state index contributed by atoms with van der Waals surface area (Å²) >= 11 is 6.02. The van der Waals surface area contributed by atoms with Gasteiger partial charge in [-0.15, -0.1) is 0 Å². The zero-order valence-corrected chi connectivity index (χ0v) is 14.4. The predicted octanol–water partition coefficient (Wildman–Crippen LogP) is 2.65. The fourth-order valence-electron chi connectivity index (χ4n) is 2.65. The van der Waals surface area contributed by atoms with Crippen molar-refractivity contribution < 1.29 is 18.8 Å². The molecule has 3 rings (SSSR count). The van der Waals surface area contributed by atoms with E-state index in [9.17, 15) is 14.4 Å². The minimum Gasteiger partial charge on any atom is -0.466 e. The minimum atomic E-state index is -1.33. The van der Waals surface area contributed by atoms with Gasteiger partial charge in [-0.2, -0.15) is 0 Å². The van der Waals surface area contributed by atoms with Crippen LogP contribution in [0.3, 0.4) is 0 Å². The van der Waals surface area contributed by atoms with Crippen LogP contribution in [-0.4, -0.2) is 29.3 Å². The first kappa shape index (κ1) is 17.0. The summed E-state index contributed by atoms with van der Waals surface area (Å²) in [5, 5.41) is 5.74. The molecule has 1 saturated heterocycles. The van der Waals surface area contributed by atoms with Crippen molar-refractivity contribution in [2.24, 2.45) is 0 Å². The van der Waals surface area contributed by atoms with Gasteiger partial charge in [0.2, 0.25) is 5.91 Å². The lowest BCUT2D eigenvalue weighted by atomic mass is 9.99. The molecule has 1 fully saturated rings. The molecular weight excluding hydrogens is 346 g/mol. The lowest BCUT2D eigenvalue weighted by Crippen LogP contribution is -2.41. The number of amides is 4. The number of halogens is 1. The van der Waals surface area contributed by atoms with E-state index < -0.39 is 29.9 Å². The highest BCUT2D eigenvalue weighted by Crippen LogP contribution is 2.29. The molecule has 4 amide bonds. The molecule has 1 aromatic heterocycles. The Morgan fingerprint density at radius 2 is 2.08 bits per heavy atom. The highest BCUT2D eigenvalue weighted by molar-refractivity contribution is 6.31. The van der Waals surface area contributed by atoms with E-state index in [1.165, 1.54) is 13.2 Å². The Morgan fingerprint density at radius 3 is 2.76 bits per heavy atom. The molecule has 1 unspecified atom stereocenters. The summed E-state index contributed by atoms with van der Waals surface area (Å²) in [5.41, 5.74) is -0.0965. The Bertz CT molecular complexity index is 850. The molecule has 1 aromatic carbocycles. The number of carbonyl (C=O) groups excluding carboxylic acids is 3. The smallest absolute Gasteiger partial charge is 0.325 e. The molecule has 2 heterocycles. The van der Waals surface area contributed by atoms with Gasteiger partial charge in [-0.05, 0) is 43.7 Å².